The van der Waals surface area contributed by atoms with Crippen LogP contribution in [0.3, 0.4) is 0 Å². The van der Waals surface area contributed by atoms with Crippen LogP contribution in [-0.2, 0) is 9.59 Å². The second kappa shape index (κ2) is 7.83. The maximum atomic E-state index is 12.5. The van der Waals surface area contributed by atoms with Gasteiger partial charge in [-0.3, -0.25) is 9.59 Å². The first-order valence-electron chi connectivity index (χ1n) is 8.47. The minimum atomic E-state index is -0.0475. The van der Waals surface area contributed by atoms with Gasteiger partial charge in [0.15, 0.2) is 0 Å². The Bertz CT molecular complexity index is 746. The first kappa shape index (κ1) is 17.0. The van der Waals surface area contributed by atoms with Gasteiger partial charge in [-0.25, -0.2) is 0 Å². The smallest absolute Gasteiger partial charge is 0.246 e. The minimum Gasteiger partial charge on any atom is -0.493 e. The fourth-order valence-corrected chi connectivity index (χ4v) is 2.94. The van der Waals surface area contributed by atoms with Crippen LogP contribution in [0.25, 0.3) is 0 Å². The van der Waals surface area contributed by atoms with Gasteiger partial charge >= 0.3 is 0 Å². The molecule has 0 unspecified atom stereocenters. The molecule has 1 heterocycles. The van der Waals surface area contributed by atoms with Gasteiger partial charge in [-0.2, -0.15) is 0 Å². The second-order valence-electron chi connectivity index (χ2n) is 6.06. The molecule has 2 amide bonds. The van der Waals surface area contributed by atoms with E-state index in [0.717, 1.165) is 17.0 Å². The molecule has 0 aliphatic carbocycles. The molecule has 0 radical (unpaired) electrons. The lowest BCUT2D eigenvalue weighted by Crippen LogP contribution is -2.52. The number of piperazine rings is 1. The van der Waals surface area contributed by atoms with Crippen LogP contribution in [0.2, 0.25) is 0 Å². The van der Waals surface area contributed by atoms with Gasteiger partial charge in [-0.05, 0) is 30.7 Å². The Kier molecular flexibility index (Phi) is 5.33. The lowest BCUT2D eigenvalue weighted by atomic mass is 10.1. The highest BCUT2D eigenvalue weighted by Crippen LogP contribution is 2.21. The van der Waals surface area contributed by atoms with Crippen LogP contribution in [0.5, 0.6) is 5.75 Å². The molecule has 0 N–H and O–H groups in total. The van der Waals surface area contributed by atoms with Gasteiger partial charge in [0, 0.05) is 18.8 Å². The standard InChI is InChI=1S/C20H22N2O3/c1-16-7-5-6-10-18(16)22-13-12-21(15-20(22)24)19(23)11-14-25-17-8-3-2-4-9-17/h2-10H,11-15H2,1H3. The number of ether oxygens (including phenoxy) is 1. The number of amides is 2. The number of rotatable bonds is 5. The van der Waals surface area contributed by atoms with Crippen LogP contribution >= 0.6 is 0 Å². The summed E-state index contributed by atoms with van der Waals surface area (Å²) in [7, 11) is 0. The molecule has 2 aromatic rings. The highest BCUT2D eigenvalue weighted by Gasteiger charge is 2.28. The number of aryl methyl sites for hydroxylation is 1. The zero-order valence-corrected chi connectivity index (χ0v) is 14.4. The van der Waals surface area contributed by atoms with E-state index in [4.69, 9.17) is 4.74 Å². The zero-order valence-electron chi connectivity index (χ0n) is 14.4. The highest BCUT2D eigenvalue weighted by atomic mass is 16.5. The van der Waals surface area contributed by atoms with Gasteiger partial charge in [-0.1, -0.05) is 36.4 Å². The molecule has 0 spiro atoms. The molecule has 1 fully saturated rings. The predicted molar refractivity (Wildman–Crippen MR) is 96.7 cm³/mol. The van der Waals surface area contributed by atoms with Crippen LogP contribution in [-0.4, -0.2) is 43.0 Å². The lowest BCUT2D eigenvalue weighted by molar-refractivity contribution is -0.137. The fraction of sp³-hybridized carbons (Fsp3) is 0.300. The lowest BCUT2D eigenvalue weighted by Gasteiger charge is -2.35. The maximum absolute atomic E-state index is 12.5. The van der Waals surface area contributed by atoms with Crippen LogP contribution < -0.4 is 9.64 Å². The van der Waals surface area contributed by atoms with Crippen molar-refractivity contribution >= 4 is 17.5 Å². The van der Waals surface area contributed by atoms with E-state index in [9.17, 15) is 9.59 Å². The van der Waals surface area contributed by atoms with Crippen LogP contribution in [0, 0.1) is 6.92 Å². The summed E-state index contributed by atoms with van der Waals surface area (Å²) in [6, 6.07) is 17.2. The fourth-order valence-electron chi connectivity index (χ4n) is 2.94. The Morgan fingerprint density at radius 3 is 2.48 bits per heavy atom. The van der Waals surface area contributed by atoms with E-state index in [-0.39, 0.29) is 24.8 Å². The predicted octanol–water partition coefficient (Wildman–Crippen LogP) is 2.64. The van der Waals surface area contributed by atoms with Crippen molar-refractivity contribution in [1.82, 2.24) is 4.90 Å². The Balaban J connectivity index is 1.51. The van der Waals surface area contributed by atoms with Crippen molar-refractivity contribution in [3.05, 3.63) is 60.2 Å². The summed E-state index contributed by atoms with van der Waals surface area (Å²) >= 11 is 0. The Morgan fingerprint density at radius 1 is 1.04 bits per heavy atom. The number of benzene rings is 2. The van der Waals surface area contributed by atoms with E-state index < -0.39 is 0 Å². The van der Waals surface area contributed by atoms with Gasteiger partial charge in [0.05, 0.1) is 13.0 Å². The van der Waals surface area contributed by atoms with E-state index in [1.807, 2.05) is 61.5 Å². The van der Waals surface area contributed by atoms with Gasteiger partial charge < -0.3 is 14.5 Å². The number of carbonyl (C=O) groups excluding carboxylic acids is 2. The van der Waals surface area contributed by atoms with E-state index in [1.54, 1.807) is 9.80 Å². The zero-order chi connectivity index (χ0) is 17.6. The monoisotopic (exact) mass is 338 g/mol. The number of hydrogen-bond acceptors (Lipinski definition) is 3. The van der Waals surface area contributed by atoms with Gasteiger partial charge in [0.1, 0.15) is 12.3 Å². The van der Waals surface area contributed by atoms with Crippen molar-refractivity contribution in [3.8, 4) is 5.75 Å². The van der Waals surface area contributed by atoms with E-state index in [1.165, 1.54) is 0 Å². The Labute approximate surface area is 147 Å². The third kappa shape index (κ3) is 4.18. The molecule has 1 aliphatic rings. The maximum Gasteiger partial charge on any atom is 0.246 e. The third-order valence-corrected chi connectivity index (χ3v) is 4.31. The molecule has 0 atom stereocenters. The van der Waals surface area contributed by atoms with Crippen LogP contribution in [0.4, 0.5) is 5.69 Å². The van der Waals surface area contributed by atoms with Gasteiger partial charge in [0.2, 0.25) is 11.8 Å². The number of nitrogens with zero attached hydrogens (tertiary/aromatic N) is 2. The first-order chi connectivity index (χ1) is 12.1. The SMILES string of the molecule is Cc1ccccc1N1CCN(C(=O)CCOc2ccccc2)CC1=O. The molecule has 1 aliphatic heterocycles. The molecule has 0 aromatic heterocycles. The second-order valence-corrected chi connectivity index (χ2v) is 6.06. The number of carbonyl (C=O) groups is 2. The summed E-state index contributed by atoms with van der Waals surface area (Å²) in [6.45, 7) is 3.49. The average Bonchev–Trinajstić information content (AvgIpc) is 2.63. The third-order valence-electron chi connectivity index (χ3n) is 4.31. The van der Waals surface area contributed by atoms with Crippen LogP contribution in [0.15, 0.2) is 54.6 Å². The Morgan fingerprint density at radius 2 is 1.76 bits per heavy atom. The molecule has 0 bridgehead atoms. The molecule has 2 aromatic carbocycles. The summed E-state index contributed by atoms with van der Waals surface area (Å²) < 4.78 is 5.56. The van der Waals surface area contributed by atoms with E-state index in [2.05, 4.69) is 0 Å². The number of para-hydroxylation sites is 2. The van der Waals surface area contributed by atoms with Crippen molar-refractivity contribution in [1.29, 1.82) is 0 Å². The van der Waals surface area contributed by atoms with E-state index >= 15 is 0 Å². The molecule has 0 saturated carbocycles. The molecule has 130 valence electrons. The summed E-state index contributed by atoms with van der Waals surface area (Å²) in [5.41, 5.74) is 1.99. The van der Waals surface area contributed by atoms with Crippen molar-refractivity contribution in [3.63, 3.8) is 0 Å². The summed E-state index contributed by atoms with van der Waals surface area (Å²) in [6.07, 6.45) is 0.270. The number of anilines is 1. The summed E-state index contributed by atoms with van der Waals surface area (Å²) in [4.78, 5) is 28.2. The molecular formula is C20H22N2O3. The first-order valence-corrected chi connectivity index (χ1v) is 8.47. The van der Waals surface area contributed by atoms with Gasteiger partial charge in [0.25, 0.3) is 0 Å². The highest BCUT2D eigenvalue weighted by molar-refractivity contribution is 5.98. The normalized spacial score (nSPS) is 14.5. The van der Waals surface area contributed by atoms with Crippen molar-refractivity contribution < 1.29 is 14.3 Å². The molecular weight excluding hydrogens is 316 g/mol. The van der Waals surface area contributed by atoms with Crippen molar-refractivity contribution in [2.75, 3.05) is 31.1 Å². The Hall–Kier alpha value is -2.82. The topological polar surface area (TPSA) is 49.9 Å². The van der Waals surface area contributed by atoms with Crippen LogP contribution in [0.1, 0.15) is 12.0 Å². The van der Waals surface area contributed by atoms with E-state index in [0.29, 0.717) is 19.7 Å². The van der Waals surface area contributed by atoms with Crippen molar-refractivity contribution in [2.24, 2.45) is 0 Å². The largest absolute Gasteiger partial charge is 0.493 e. The molecule has 25 heavy (non-hydrogen) atoms. The molecule has 5 heteroatoms. The van der Waals surface area contributed by atoms with Gasteiger partial charge in [-0.15, -0.1) is 0 Å². The summed E-state index contributed by atoms with van der Waals surface area (Å²) in [5, 5.41) is 0. The number of hydrogen-bond donors (Lipinski definition) is 0. The minimum absolute atomic E-state index is 0.0436. The summed E-state index contributed by atoms with van der Waals surface area (Å²) in [5.74, 6) is 0.655. The average molecular weight is 338 g/mol. The molecule has 3 rings (SSSR count). The van der Waals surface area contributed by atoms with Crippen molar-refractivity contribution in [2.45, 2.75) is 13.3 Å². The molecule has 1 saturated heterocycles. The quantitative estimate of drug-likeness (QED) is 0.842. The molecule has 5 nitrogen and oxygen atoms in total.